The van der Waals surface area contributed by atoms with Gasteiger partial charge in [0.05, 0.1) is 18.0 Å². The van der Waals surface area contributed by atoms with Crippen LogP contribution in [0.2, 0.25) is 0 Å². The van der Waals surface area contributed by atoms with E-state index in [2.05, 4.69) is 5.10 Å². The van der Waals surface area contributed by atoms with Crippen molar-refractivity contribution < 1.29 is 14.1 Å². The van der Waals surface area contributed by atoms with Crippen molar-refractivity contribution in [2.24, 2.45) is 0 Å². The molecule has 0 fully saturated rings. The van der Waals surface area contributed by atoms with Crippen LogP contribution in [0.4, 0.5) is 20.6 Å². The molecule has 9 nitrogen and oxygen atoms in total. The van der Waals surface area contributed by atoms with Gasteiger partial charge in [-0.2, -0.15) is 9.67 Å². The first-order valence-electron chi connectivity index (χ1n) is 7.93. The van der Waals surface area contributed by atoms with Gasteiger partial charge in [0.1, 0.15) is 5.82 Å². The Bertz CT molecular complexity index is 1100. The standard InChI is InChI=1S/C17H12FN5O4/c18-12-3-7-13(8-4-12)20-10-15-19-21(17(25)22(15)16(20)24)9-11-1-5-14(6-2-11)23(26)27/h1-8H,9-10H2. The molecule has 1 aliphatic rings. The highest BCUT2D eigenvalue weighted by Crippen LogP contribution is 2.22. The van der Waals surface area contributed by atoms with E-state index in [-0.39, 0.29) is 24.6 Å². The van der Waals surface area contributed by atoms with Crippen molar-refractivity contribution in [1.29, 1.82) is 0 Å². The predicted molar refractivity (Wildman–Crippen MR) is 92.1 cm³/mol. The SMILES string of the molecule is O=C1N(c2ccc(F)cc2)Cc2nn(Cc3ccc([N+](=O)[O-])cc3)c(=O)n21. The molecular weight excluding hydrogens is 357 g/mol. The molecule has 10 heteroatoms. The van der Waals surface area contributed by atoms with Crippen LogP contribution in [-0.4, -0.2) is 25.3 Å². The van der Waals surface area contributed by atoms with Crippen LogP contribution in [-0.2, 0) is 13.1 Å². The zero-order valence-electron chi connectivity index (χ0n) is 13.8. The number of hydrogen-bond acceptors (Lipinski definition) is 5. The van der Waals surface area contributed by atoms with Gasteiger partial charge < -0.3 is 0 Å². The normalized spacial score (nSPS) is 13.1. The Balaban J connectivity index is 1.59. The molecule has 27 heavy (non-hydrogen) atoms. The number of aromatic nitrogens is 3. The molecule has 136 valence electrons. The zero-order valence-corrected chi connectivity index (χ0v) is 13.8. The van der Waals surface area contributed by atoms with Crippen LogP contribution < -0.4 is 10.6 Å². The van der Waals surface area contributed by atoms with E-state index < -0.39 is 22.5 Å². The summed E-state index contributed by atoms with van der Waals surface area (Å²) in [7, 11) is 0. The quantitative estimate of drug-likeness (QED) is 0.518. The maximum Gasteiger partial charge on any atom is 0.354 e. The van der Waals surface area contributed by atoms with Crippen molar-refractivity contribution in [3.63, 3.8) is 0 Å². The third-order valence-corrected chi connectivity index (χ3v) is 4.25. The van der Waals surface area contributed by atoms with E-state index in [1.807, 2.05) is 0 Å². The predicted octanol–water partition coefficient (Wildman–Crippen LogP) is 2.13. The maximum absolute atomic E-state index is 13.1. The van der Waals surface area contributed by atoms with Crippen LogP contribution in [0.5, 0.6) is 0 Å². The molecule has 0 saturated carbocycles. The smallest absolute Gasteiger partial charge is 0.286 e. The molecule has 0 N–H and O–H groups in total. The maximum atomic E-state index is 13.1. The second kappa shape index (κ2) is 6.16. The molecule has 2 heterocycles. The first-order valence-corrected chi connectivity index (χ1v) is 7.93. The van der Waals surface area contributed by atoms with Crippen molar-refractivity contribution >= 4 is 17.4 Å². The Labute approximate surface area is 151 Å². The molecule has 1 aromatic heterocycles. The van der Waals surface area contributed by atoms with Gasteiger partial charge in [0.15, 0.2) is 5.82 Å². The van der Waals surface area contributed by atoms with Gasteiger partial charge in [-0.25, -0.2) is 18.7 Å². The highest BCUT2D eigenvalue weighted by molar-refractivity contribution is 5.95. The van der Waals surface area contributed by atoms with Gasteiger partial charge in [-0.05, 0) is 29.8 Å². The lowest BCUT2D eigenvalue weighted by Gasteiger charge is -2.14. The fourth-order valence-corrected chi connectivity index (χ4v) is 2.90. The van der Waals surface area contributed by atoms with Crippen molar-refractivity contribution in [1.82, 2.24) is 14.3 Å². The Morgan fingerprint density at radius 3 is 2.33 bits per heavy atom. The molecule has 3 aromatic rings. The van der Waals surface area contributed by atoms with Crippen LogP contribution >= 0.6 is 0 Å². The fraction of sp³-hybridized carbons (Fsp3) is 0.118. The first-order chi connectivity index (χ1) is 12.9. The number of non-ortho nitro benzene ring substituents is 1. The van der Waals surface area contributed by atoms with E-state index in [1.54, 1.807) is 0 Å². The molecule has 0 atom stereocenters. The van der Waals surface area contributed by atoms with Gasteiger partial charge in [0, 0.05) is 17.8 Å². The zero-order chi connectivity index (χ0) is 19.1. The number of carbonyl (C=O) groups excluding carboxylic acids is 1. The van der Waals surface area contributed by atoms with E-state index in [0.29, 0.717) is 11.3 Å². The summed E-state index contributed by atoms with van der Waals surface area (Å²) in [6.07, 6.45) is 0. The highest BCUT2D eigenvalue weighted by atomic mass is 19.1. The largest absolute Gasteiger partial charge is 0.354 e. The monoisotopic (exact) mass is 369 g/mol. The van der Waals surface area contributed by atoms with Crippen molar-refractivity contribution in [3.05, 3.63) is 86.3 Å². The molecule has 0 unspecified atom stereocenters. The Morgan fingerprint density at radius 2 is 1.74 bits per heavy atom. The number of halogens is 1. The van der Waals surface area contributed by atoms with E-state index in [4.69, 9.17) is 0 Å². The Hall–Kier alpha value is -3.82. The van der Waals surface area contributed by atoms with Crippen LogP contribution in [0, 0.1) is 15.9 Å². The molecular formula is C17H12FN5O4. The second-order valence-electron chi connectivity index (χ2n) is 5.96. The number of hydrogen-bond donors (Lipinski definition) is 0. The third-order valence-electron chi connectivity index (χ3n) is 4.25. The van der Waals surface area contributed by atoms with Crippen LogP contribution in [0.3, 0.4) is 0 Å². The Morgan fingerprint density at radius 1 is 1.07 bits per heavy atom. The van der Waals surface area contributed by atoms with Crippen LogP contribution in [0.25, 0.3) is 0 Å². The minimum absolute atomic E-state index is 0.0523. The number of benzene rings is 2. The van der Waals surface area contributed by atoms with Gasteiger partial charge in [-0.1, -0.05) is 12.1 Å². The number of fused-ring (bicyclic) bond motifs is 1. The van der Waals surface area contributed by atoms with Crippen molar-refractivity contribution in [3.8, 4) is 0 Å². The lowest BCUT2D eigenvalue weighted by atomic mass is 10.2. The minimum atomic E-state index is -0.599. The Kier molecular flexibility index (Phi) is 3.80. The molecule has 2 aromatic carbocycles. The fourth-order valence-electron chi connectivity index (χ4n) is 2.90. The molecule has 0 bridgehead atoms. The molecule has 0 saturated heterocycles. The van der Waals surface area contributed by atoms with Crippen molar-refractivity contribution in [2.45, 2.75) is 13.1 Å². The van der Waals surface area contributed by atoms with E-state index in [1.165, 1.54) is 53.4 Å². The summed E-state index contributed by atoms with van der Waals surface area (Å²) in [6, 6.07) is 10.6. The number of rotatable bonds is 4. The molecule has 0 spiro atoms. The number of carbonyl (C=O) groups is 1. The number of nitrogens with zero attached hydrogens (tertiary/aromatic N) is 5. The lowest BCUT2D eigenvalue weighted by Crippen LogP contribution is -2.35. The summed E-state index contributed by atoms with van der Waals surface area (Å²) in [6.45, 7) is 0.174. The summed E-state index contributed by atoms with van der Waals surface area (Å²) >= 11 is 0. The summed E-state index contributed by atoms with van der Waals surface area (Å²) < 4.78 is 15.2. The average molecular weight is 369 g/mol. The minimum Gasteiger partial charge on any atom is -0.286 e. The summed E-state index contributed by atoms with van der Waals surface area (Å²) in [5.74, 6) is -0.148. The van der Waals surface area contributed by atoms with Crippen LogP contribution in [0.1, 0.15) is 11.4 Å². The average Bonchev–Trinajstić information content (AvgIpc) is 3.13. The van der Waals surface area contributed by atoms with Crippen LogP contribution in [0.15, 0.2) is 53.3 Å². The third kappa shape index (κ3) is 2.86. The summed E-state index contributed by atoms with van der Waals surface area (Å²) in [5.41, 5.74) is 0.456. The second-order valence-corrected chi connectivity index (χ2v) is 5.96. The summed E-state index contributed by atoms with van der Waals surface area (Å²) in [4.78, 5) is 36.6. The van der Waals surface area contributed by atoms with E-state index in [0.717, 1.165) is 9.25 Å². The number of anilines is 1. The number of amides is 1. The van der Waals surface area contributed by atoms with Crippen molar-refractivity contribution in [2.75, 3.05) is 4.90 Å². The van der Waals surface area contributed by atoms with Gasteiger partial charge in [0.25, 0.3) is 5.69 Å². The van der Waals surface area contributed by atoms with Gasteiger partial charge in [0.2, 0.25) is 0 Å². The van der Waals surface area contributed by atoms with Gasteiger partial charge in [-0.15, -0.1) is 0 Å². The molecule has 0 aliphatic carbocycles. The van der Waals surface area contributed by atoms with Gasteiger partial charge >= 0.3 is 11.7 Å². The topological polar surface area (TPSA) is 103 Å². The van der Waals surface area contributed by atoms with E-state index >= 15 is 0 Å². The highest BCUT2D eigenvalue weighted by Gasteiger charge is 2.33. The number of nitro benzene ring substituents is 1. The number of nitro groups is 1. The molecule has 1 amide bonds. The molecule has 4 rings (SSSR count). The summed E-state index contributed by atoms with van der Waals surface area (Å²) in [5, 5.41) is 14.9. The van der Waals surface area contributed by atoms with Gasteiger partial charge in [-0.3, -0.25) is 15.0 Å². The lowest BCUT2D eigenvalue weighted by molar-refractivity contribution is -0.384. The van der Waals surface area contributed by atoms with E-state index in [9.17, 15) is 24.1 Å². The first kappa shape index (κ1) is 16.6. The molecule has 0 radical (unpaired) electrons. The molecule has 1 aliphatic heterocycles.